The normalized spacial score (nSPS) is 13.1. The van der Waals surface area contributed by atoms with Crippen molar-refractivity contribution in [2.75, 3.05) is 6.54 Å². The van der Waals surface area contributed by atoms with Crippen LogP contribution < -0.4 is 10.5 Å². The first-order valence-electron chi connectivity index (χ1n) is 6.24. The zero-order valence-corrected chi connectivity index (χ0v) is 13.5. The number of hydrogen-bond donors (Lipinski definition) is 2. The van der Waals surface area contributed by atoms with Crippen LogP contribution in [-0.2, 0) is 10.0 Å². The number of nitrogens with one attached hydrogen (secondary N) is 1. The summed E-state index contributed by atoms with van der Waals surface area (Å²) in [7, 11) is -3.74. The summed E-state index contributed by atoms with van der Waals surface area (Å²) in [5.74, 6) is -0.246. The first-order chi connectivity index (χ1) is 8.76. The van der Waals surface area contributed by atoms with Gasteiger partial charge < -0.3 is 5.73 Å². The molecule has 4 nitrogen and oxygen atoms in total. The predicted octanol–water partition coefficient (Wildman–Crippen LogP) is 2.21. The Bertz CT molecular complexity index is 535. The van der Waals surface area contributed by atoms with Crippen LogP contribution in [0.3, 0.4) is 0 Å². The van der Waals surface area contributed by atoms with E-state index in [4.69, 9.17) is 5.73 Å². The molecule has 0 saturated heterocycles. The number of sulfonamides is 1. The van der Waals surface area contributed by atoms with Crippen molar-refractivity contribution < 1.29 is 12.8 Å². The van der Waals surface area contributed by atoms with Gasteiger partial charge in [-0.2, -0.15) is 0 Å². The van der Waals surface area contributed by atoms with E-state index in [1.165, 1.54) is 12.1 Å². The van der Waals surface area contributed by atoms with Crippen molar-refractivity contribution in [3.8, 4) is 0 Å². The highest BCUT2D eigenvalue weighted by Gasteiger charge is 2.22. The van der Waals surface area contributed by atoms with Crippen LogP contribution in [0, 0.1) is 18.7 Å². The van der Waals surface area contributed by atoms with Gasteiger partial charge in [-0.1, -0.05) is 19.9 Å². The minimum atomic E-state index is -3.74. The zero-order valence-electron chi connectivity index (χ0n) is 11.9. The van der Waals surface area contributed by atoms with Gasteiger partial charge in [0.05, 0.1) is 4.90 Å². The van der Waals surface area contributed by atoms with Gasteiger partial charge in [0.25, 0.3) is 0 Å². The van der Waals surface area contributed by atoms with E-state index < -0.39 is 15.8 Å². The lowest BCUT2D eigenvalue weighted by Crippen LogP contribution is -2.41. The number of rotatable bonds is 6. The lowest BCUT2D eigenvalue weighted by molar-refractivity contribution is 0.464. The molecule has 0 aliphatic carbocycles. The largest absolute Gasteiger partial charge is 0.329 e. The summed E-state index contributed by atoms with van der Waals surface area (Å²) < 4.78 is 40.2. The van der Waals surface area contributed by atoms with E-state index >= 15 is 0 Å². The van der Waals surface area contributed by atoms with Gasteiger partial charge in [-0.25, -0.2) is 17.5 Å². The Labute approximate surface area is 126 Å². The van der Waals surface area contributed by atoms with E-state index in [0.29, 0.717) is 17.9 Å². The first-order valence-corrected chi connectivity index (χ1v) is 7.73. The van der Waals surface area contributed by atoms with Gasteiger partial charge in [0.2, 0.25) is 10.0 Å². The van der Waals surface area contributed by atoms with Gasteiger partial charge in [-0.05, 0) is 37.0 Å². The molecule has 0 amide bonds. The molecule has 1 rings (SSSR count). The molecule has 116 valence electrons. The van der Waals surface area contributed by atoms with Crippen LogP contribution in [0.4, 0.5) is 4.39 Å². The van der Waals surface area contributed by atoms with Crippen molar-refractivity contribution in [2.24, 2.45) is 11.7 Å². The summed E-state index contributed by atoms with van der Waals surface area (Å²) in [5.41, 5.74) is 6.08. The molecule has 0 saturated carbocycles. The molecule has 20 heavy (non-hydrogen) atoms. The fourth-order valence-electron chi connectivity index (χ4n) is 1.91. The van der Waals surface area contributed by atoms with Gasteiger partial charge >= 0.3 is 0 Å². The van der Waals surface area contributed by atoms with Gasteiger partial charge in [-0.3, -0.25) is 0 Å². The Kier molecular flexibility index (Phi) is 7.65. The number of aryl methyl sites for hydroxylation is 1. The number of hydrogen-bond acceptors (Lipinski definition) is 3. The second-order valence-corrected chi connectivity index (χ2v) is 6.78. The second kappa shape index (κ2) is 7.93. The molecule has 0 aliphatic heterocycles. The van der Waals surface area contributed by atoms with Gasteiger partial charge in [-0.15, -0.1) is 12.4 Å². The standard InChI is InChI=1S/C13H21FN2O2S.ClH/c1-9(2)6-12(8-15)16-19(17,18)13-7-11(14)5-4-10(13)3;/h4-5,7,9,12,16H,6,8,15H2,1-3H3;1H. The summed E-state index contributed by atoms with van der Waals surface area (Å²) in [6, 6.07) is 3.38. The summed E-state index contributed by atoms with van der Waals surface area (Å²) in [5, 5.41) is 0. The number of nitrogens with two attached hydrogens (primary N) is 1. The van der Waals surface area contributed by atoms with Crippen LogP contribution in [-0.4, -0.2) is 21.0 Å². The predicted molar refractivity (Wildman–Crippen MR) is 81.0 cm³/mol. The van der Waals surface area contributed by atoms with Crippen LogP contribution in [0.15, 0.2) is 23.1 Å². The average molecular weight is 325 g/mol. The summed E-state index contributed by atoms with van der Waals surface area (Å²) in [6.45, 7) is 5.83. The maximum atomic E-state index is 13.2. The molecule has 0 fully saturated rings. The van der Waals surface area contributed by atoms with E-state index in [2.05, 4.69) is 4.72 Å². The molecule has 1 unspecified atom stereocenters. The van der Waals surface area contributed by atoms with E-state index in [1.807, 2.05) is 13.8 Å². The molecule has 0 spiro atoms. The van der Waals surface area contributed by atoms with Gasteiger partial charge in [0.15, 0.2) is 0 Å². The maximum Gasteiger partial charge on any atom is 0.241 e. The molecular formula is C13H22ClFN2O2S. The van der Waals surface area contributed by atoms with Crippen LogP contribution in [0.25, 0.3) is 0 Å². The van der Waals surface area contributed by atoms with E-state index in [-0.39, 0.29) is 29.9 Å². The summed E-state index contributed by atoms with van der Waals surface area (Å²) >= 11 is 0. The van der Waals surface area contributed by atoms with Crippen LogP contribution in [0.2, 0.25) is 0 Å². The van der Waals surface area contributed by atoms with Crippen molar-refractivity contribution in [1.29, 1.82) is 0 Å². The number of benzene rings is 1. The molecule has 1 atom stereocenters. The highest BCUT2D eigenvalue weighted by atomic mass is 35.5. The third-order valence-corrected chi connectivity index (χ3v) is 4.46. The zero-order chi connectivity index (χ0) is 14.6. The molecule has 1 aromatic rings. The lowest BCUT2D eigenvalue weighted by atomic mass is 10.1. The molecule has 1 aromatic carbocycles. The van der Waals surface area contributed by atoms with Crippen molar-refractivity contribution >= 4 is 22.4 Å². The summed E-state index contributed by atoms with van der Waals surface area (Å²) in [6.07, 6.45) is 0.643. The Morgan fingerprint density at radius 2 is 1.95 bits per heavy atom. The Hall–Kier alpha value is -0.690. The Morgan fingerprint density at radius 3 is 2.45 bits per heavy atom. The Balaban J connectivity index is 0.00000361. The van der Waals surface area contributed by atoms with E-state index in [0.717, 1.165) is 6.07 Å². The monoisotopic (exact) mass is 324 g/mol. The molecule has 0 radical (unpaired) electrons. The van der Waals surface area contributed by atoms with Crippen molar-refractivity contribution in [3.05, 3.63) is 29.6 Å². The third kappa shape index (κ3) is 5.36. The quantitative estimate of drug-likeness (QED) is 0.842. The molecule has 3 N–H and O–H groups in total. The first kappa shape index (κ1) is 19.3. The van der Waals surface area contributed by atoms with Gasteiger partial charge in [0, 0.05) is 12.6 Å². The van der Waals surface area contributed by atoms with Crippen molar-refractivity contribution in [1.82, 2.24) is 4.72 Å². The van der Waals surface area contributed by atoms with Crippen LogP contribution >= 0.6 is 12.4 Å². The van der Waals surface area contributed by atoms with Crippen LogP contribution in [0.1, 0.15) is 25.8 Å². The lowest BCUT2D eigenvalue weighted by Gasteiger charge is -2.19. The van der Waals surface area contributed by atoms with Crippen molar-refractivity contribution in [3.63, 3.8) is 0 Å². The smallest absolute Gasteiger partial charge is 0.241 e. The van der Waals surface area contributed by atoms with Crippen LogP contribution in [0.5, 0.6) is 0 Å². The molecule has 0 aliphatic rings. The highest BCUT2D eigenvalue weighted by Crippen LogP contribution is 2.17. The minimum Gasteiger partial charge on any atom is -0.329 e. The molecule has 0 bridgehead atoms. The highest BCUT2D eigenvalue weighted by molar-refractivity contribution is 7.89. The summed E-state index contributed by atoms with van der Waals surface area (Å²) in [4.78, 5) is -0.0327. The maximum absolute atomic E-state index is 13.2. The third-order valence-electron chi connectivity index (χ3n) is 2.80. The fourth-order valence-corrected chi connectivity index (χ4v) is 3.43. The number of halogens is 2. The van der Waals surface area contributed by atoms with E-state index in [1.54, 1.807) is 6.92 Å². The van der Waals surface area contributed by atoms with Crippen molar-refractivity contribution in [2.45, 2.75) is 38.1 Å². The Morgan fingerprint density at radius 1 is 1.35 bits per heavy atom. The average Bonchev–Trinajstić information content (AvgIpc) is 2.30. The van der Waals surface area contributed by atoms with E-state index in [9.17, 15) is 12.8 Å². The molecule has 0 heterocycles. The van der Waals surface area contributed by atoms with Gasteiger partial charge in [0.1, 0.15) is 5.82 Å². The minimum absolute atomic E-state index is 0. The molecule has 0 aromatic heterocycles. The topological polar surface area (TPSA) is 72.2 Å². The second-order valence-electron chi connectivity index (χ2n) is 5.09. The molecular weight excluding hydrogens is 303 g/mol. The fraction of sp³-hybridized carbons (Fsp3) is 0.538. The SMILES string of the molecule is Cc1ccc(F)cc1S(=O)(=O)NC(CN)CC(C)C.Cl. The molecule has 7 heteroatoms.